The Balaban J connectivity index is 1.92. The van der Waals surface area contributed by atoms with Crippen LogP contribution >= 0.6 is 0 Å². The van der Waals surface area contributed by atoms with Crippen molar-refractivity contribution in [2.75, 3.05) is 46.9 Å². The van der Waals surface area contributed by atoms with E-state index in [-0.39, 0.29) is 17.9 Å². The average Bonchev–Trinajstić information content (AvgIpc) is 2.92. The molecule has 0 saturated carbocycles. The van der Waals surface area contributed by atoms with Crippen LogP contribution in [0.1, 0.15) is 26.2 Å². The zero-order chi connectivity index (χ0) is 14.5. The van der Waals surface area contributed by atoms with Gasteiger partial charge in [0.15, 0.2) is 0 Å². The van der Waals surface area contributed by atoms with Gasteiger partial charge in [0.1, 0.15) is 0 Å². The molecule has 1 N–H and O–H groups in total. The number of likely N-dealkylation sites (tertiary alicyclic amines) is 1. The summed E-state index contributed by atoms with van der Waals surface area (Å²) < 4.78 is 5.53. The molecule has 20 heavy (non-hydrogen) atoms. The van der Waals surface area contributed by atoms with Gasteiger partial charge in [0.2, 0.25) is 5.91 Å². The van der Waals surface area contributed by atoms with E-state index in [1.54, 1.807) is 0 Å². The maximum atomic E-state index is 12.7. The third kappa shape index (κ3) is 3.71. The van der Waals surface area contributed by atoms with Crippen molar-refractivity contribution in [1.82, 2.24) is 15.1 Å². The molecule has 3 atom stereocenters. The van der Waals surface area contributed by atoms with Gasteiger partial charge < -0.3 is 19.9 Å². The minimum atomic E-state index is 0.00228. The Morgan fingerprint density at radius 1 is 1.40 bits per heavy atom. The Morgan fingerprint density at radius 2 is 2.20 bits per heavy atom. The first kappa shape index (κ1) is 15.7. The SMILES string of the molecule is CCCNC1COCC1C(=O)N1CCCC(N(C)C)C1. The molecule has 0 spiro atoms. The van der Waals surface area contributed by atoms with Crippen molar-refractivity contribution >= 4 is 5.91 Å². The monoisotopic (exact) mass is 283 g/mol. The molecule has 2 heterocycles. The Kier molecular flexibility index (Phi) is 5.81. The summed E-state index contributed by atoms with van der Waals surface area (Å²) in [5, 5.41) is 3.45. The third-order valence-corrected chi connectivity index (χ3v) is 4.49. The predicted octanol–water partition coefficient (Wildman–Crippen LogP) is 0.554. The smallest absolute Gasteiger partial charge is 0.229 e. The number of ether oxygens (including phenoxy) is 1. The second-order valence-electron chi connectivity index (χ2n) is 6.25. The number of likely N-dealkylation sites (N-methyl/N-ethyl adjacent to an activating group) is 1. The first-order valence-corrected chi connectivity index (χ1v) is 7.89. The van der Waals surface area contributed by atoms with E-state index in [9.17, 15) is 4.79 Å². The van der Waals surface area contributed by atoms with E-state index >= 15 is 0 Å². The van der Waals surface area contributed by atoms with Crippen LogP contribution in [0.25, 0.3) is 0 Å². The highest BCUT2D eigenvalue weighted by molar-refractivity contribution is 5.80. The summed E-state index contributed by atoms with van der Waals surface area (Å²) in [4.78, 5) is 17.0. The van der Waals surface area contributed by atoms with Crippen LogP contribution < -0.4 is 5.32 Å². The summed E-state index contributed by atoms with van der Waals surface area (Å²) in [5.74, 6) is 0.283. The summed E-state index contributed by atoms with van der Waals surface area (Å²) in [6, 6.07) is 0.694. The second-order valence-corrected chi connectivity index (χ2v) is 6.25. The standard InChI is InChI=1S/C15H29N3O2/c1-4-7-16-14-11-20-10-13(14)15(19)18-8-5-6-12(9-18)17(2)3/h12-14,16H,4-11H2,1-3H3. The minimum absolute atomic E-state index is 0.00228. The molecular formula is C15H29N3O2. The first-order chi connectivity index (χ1) is 9.63. The predicted molar refractivity (Wildman–Crippen MR) is 79.7 cm³/mol. The quantitative estimate of drug-likeness (QED) is 0.800. The van der Waals surface area contributed by atoms with Gasteiger partial charge in [-0.15, -0.1) is 0 Å². The number of hydrogen-bond donors (Lipinski definition) is 1. The molecule has 116 valence electrons. The highest BCUT2D eigenvalue weighted by Crippen LogP contribution is 2.21. The van der Waals surface area contributed by atoms with Crippen LogP contribution in [0.15, 0.2) is 0 Å². The van der Waals surface area contributed by atoms with Crippen molar-refractivity contribution in [2.24, 2.45) is 5.92 Å². The Hall–Kier alpha value is -0.650. The largest absolute Gasteiger partial charge is 0.379 e. The van der Waals surface area contributed by atoms with Gasteiger partial charge in [-0.1, -0.05) is 6.92 Å². The van der Waals surface area contributed by atoms with Crippen LogP contribution in [0.4, 0.5) is 0 Å². The summed E-state index contributed by atoms with van der Waals surface area (Å²) in [5.41, 5.74) is 0. The summed E-state index contributed by atoms with van der Waals surface area (Å²) >= 11 is 0. The minimum Gasteiger partial charge on any atom is -0.379 e. The number of nitrogens with zero attached hydrogens (tertiary/aromatic N) is 2. The summed E-state index contributed by atoms with van der Waals surface area (Å²) in [6.07, 6.45) is 3.38. The first-order valence-electron chi connectivity index (χ1n) is 7.89. The van der Waals surface area contributed by atoms with Crippen molar-refractivity contribution in [3.63, 3.8) is 0 Å². The molecular weight excluding hydrogens is 254 g/mol. The van der Waals surface area contributed by atoms with Gasteiger partial charge in [-0.25, -0.2) is 0 Å². The average molecular weight is 283 g/mol. The molecule has 2 rings (SSSR count). The van der Waals surface area contributed by atoms with E-state index in [0.717, 1.165) is 32.5 Å². The summed E-state index contributed by atoms with van der Waals surface area (Å²) in [6.45, 7) is 6.11. The van der Waals surface area contributed by atoms with E-state index in [2.05, 4.69) is 31.2 Å². The molecule has 0 aromatic heterocycles. The van der Waals surface area contributed by atoms with Crippen molar-refractivity contribution in [3.8, 4) is 0 Å². The van der Waals surface area contributed by atoms with E-state index in [0.29, 0.717) is 19.3 Å². The third-order valence-electron chi connectivity index (χ3n) is 4.49. The van der Waals surface area contributed by atoms with Crippen LogP contribution in [0.5, 0.6) is 0 Å². The molecule has 1 amide bonds. The lowest BCUT2D eigenvalue weighted by molar-refractivity contribution is -0.138. The van der Waals surface area contributed by atoms with Crippen molar-refractivity contribution in [3.05, 3.63) is 0 Å². The second kappa shape index (κ2) is 7.38. The van der Waals surface area contributed by atoms with Crippen LogP contribution in [0.3, 0.4) is 0 Å². The molecule has 2 fully saturated rings. The number of rotatable bonds is 5. The molecule has 2 saturated heterocycles. The van der Waals surface area contributed by atoms with Crippen LogP contribution in [0.2, 0.25) is 0 Å². The van der Waals surface area contributed by atoms with Crippen LogP contribution in [0, 0.1) is 5.92 Å². The lowest BCUT2D eigenvalue weighted by atomic mass is 9.98. The van der Waals surface area contributed by atoms with Crippen molar-refractivity contribution in [2.45, 2.75) is 38.3 Å². The van der Waals surface area contributed by atoms with Crippen LogP contribution in [-0.2, 0) is 9.53 Å². The molecule has 5 nitrogen and oxygen atoms in total. The normalized spacial score (nSPS) is 31.0. The highest BCUT2D eigenvalue weighted by atomic mass is 16.5. The zero-order valence-electron chi connectivity index (χ0n) is 13.1. The van der Waals surface area contributed by atoms with E-state index in [4.69, 9.17) is 4.74 Å². The number of carbonyl (C=O) groups is 1. The number of carbonyl (C=O) groups excluding carboxylic acids is 1. The van der Waals surface area contributed by atoms with Gasteiger partial charge in [0.25, 0.3) is 0 Å². The fourth-order valence-corrected chi connectivity index (χ4v) is 3.14. The van der Waals surface area contributed by atoms with E-state index in [1.807, 2.05) is 4.90 Å². The van der Waals surface area contributed by atoms with Gasteiger partial charge in [-0.3, -0.25) is 4.79 Å². The van der Waals surface area contributed by atoms with Gasteiger partial charge in [-0.05, 0) is 39.9 Å². The maximum Gasteiger partial charge on any atom is 0.229 e. The molecule has 0 bridgehead atoms. The van der Waals surface area contributed by atoms with Gasteiger partial charge in [-0.2, -0.15) is 0 Å². The Labute approximate surface area is 122 Å². The molecule has 0 aromatic rings. The fraction of sp³-hybridized carbons (Fsp3) is 0.933. The molecule has 0 radical (unpaired) electrons. The zero-order valence-corrected chi connectivity index (χ0v) is 13.1. The van der Waals surface area contributed by atoms with E-state index < -0.39 is 0 Å². The highest BCUT2D eigenvalue weighted by Gasteiger charge is 2.37. The van der Waals surface area contributed by atoms with Gasteiger partial charge in [0.05, 0.1) is 19.1 Å². The fourth-order valence-electron chi connectivity index (χ4n) is 3.14. The lowest BCUT2D eigenvalue weighted by Crippen LogP contribution is -2.52. The number of amides is 1. The molecule has 2 aliphatic rings. The lowest BCUT2D eigenvalue weighted by Gasteiger charge is -2.37. The van der Waals surface area contributed by atoms with E-state index in [1.165, 1.54) is 6.42 Å². The van der Waals surface area contributed by atoms with Crippen LogP contribution in [-0.4, -0.2) is 74.7 Å². The van der Waals surface area contributed by atoms with Gasteiger partial charge in [0, 0.05) is 25.2 Å². The number of hydrogen-bond acceptors (Lipinski definition) is 4. The van der Waals surface area contributed by atoms with Crippen molar-refractivity contribution < 1.29 is 9.53 Å². The summed E-state index contributed by atoms with van der Waals surface area (Å²) in [7, 11) is 4.20. The Morgan fingerprint density at radius 3 is 2.90 bits per heavy atom. The topological polar surface area (TPSA) is 44.8 Å². The Bertz CT molecular complexity index is 322. The number of piperidine rings is 1. The molecule has 5 heteroatoms. The molecule has 0 aliphatic carbocycles. The maximum absolute atomic E-state index is 12.7. The molecule has 0 aromatic carbocycles. The van der Waals surface area contributed by atoms with Crippen molar-refractivity contribution in [1.29, 1.82) is 0 Å². The molecule has 3 unspecified atom stereocenters. The molecule has 2 aliphatic heterocycles. The van der Waals surface area contributed by atoms with Gasteiger partial charge >= 0.3 is 0 Å². The number of nitrogens with one attached hydrogen (secondary N) is 1.